The van der Waals surface area contributed by atoms with Gasteiger partial charge >= 0.3 is 5.97 Å². The Morgan fingerprint density at radius 2 is 2.12 bits per heavy atom. The molecular weight excluding hydrogens is 288 g/mol. The number of rotatable bonds is 4. The van der Waals surface area contributed by atoms with Crippen LogP contribution in [-0.2, 0) is 9.53 Å². The molecule has 0 aromatic heterocycles. The van der Waals surface area contributed by atoms with Gasteiger partial charge in [0.2, 0.25) is 0 Å². The fraction of sp³-hybridized carbons (Fsp3) is 0.273. The topological polar surface area (TPSA) is 81.4 Å². The van der Waals surface area contributed by atoms with Crippen molar-refractivity contribution in [1.29, 1.82) is 0 Å². The van der Waals surface area contributed by atoms with Crippen molar-refractivity contribution in [3.63, 3.8) is 0 Å². The van der Waals surface area contributed by atoms with Crippen LogP contribution in [0.2, 0.25) is 0 Å². The van der Waals surface area contributed by atoms with Crippen LogP contribution in [-0.4, -0.2) is 25.0 Å². The molecule has 0 aliphatic rings. The highest BCUT2D eigenvalue weighted by molar-refractivity contribution is 9.10. The Labute approximate surface area is 107 Å². The van der Waals surface area contributed by atoms with E-state index in [0.717, 1.165) is 0 Å². The maximum absolute atomic E-state index is 11.7. The molecule has 0 atom stereocenters. The summed E-state index contributed by atoms with van der Waals surface area (Å²) in [7, 11) is 0. The predicted octanol–water partition coefficient (Wildman–Crippen LogP) is 1.32. The highest BCUT2D eigenvalue weighted by atomic mass is 79.9. The summed E-state index contributed by atoms with van der Waals surface area (Å²) < 4.78 is 5.40. The zero-order valence-electron chi connectivity index (χ0n) is 9.33. The van der Waals surface area contributed by atoms with Gasteiger partial charge in [0.1, 0.15) is 6.54 Å². The summed E-state index contributed by atoms with van der Waals surface area (Å²) in [5, 5.41) is 2.45. The highest BCUT2D eigenvalue weighted by Gasteiger charge is 2.09. The SMILES string of the molecule is CCOC(=O)CNC(=O)c1cc(N)cc(Br)c1. The van der Waals surface area contributed by atoms with Gasteiger partial charge < -0.3 is 15.8 Å². The van der Waals surface area contributed by atoms with Crippen molar-refractivity contribution in [2.75, 3.05) is 18.9 Å². The van der Waals surface area contributed by atoms with Crippen molar-refractivity contribution >= 4 is 33.5 Å². The van der Waals surface area contributed by atoms with Crippen molar-refractivity contribution in [2.24, 2.45) is 0 Å². The van der Waals surface area contributed by atoms with E-state index in [0.29, 0.717) is 22.3 Å². The van der Waals surface area contributed by atoms with Crippen LogP contribution in [0.25, 0.3) is 0 Å². The van der Waals surface area contributed by atoms with Crippen molar-refractivity contribution in [3.05, 3.63) is 28.2 Å². The van der Waals surface area contributed by atoms with Gasteiger partial charge in [0.15, 0.2) is 0 Å². The minimum Gasteiger partial charge on any atom is -0.465 e. The Bertz CT molecular complexity index is 414. The van der Waals surface area contributed by atoms with Crippen LogP contribution in [0.5, 0.6) is 0 Å². The summed E-state index contributed by atoms with van der Waals surface area (Å²) in [5.41, 5.74) is 6.46. The molecule has 0 unspecified atom stereocenters. The molecule has 92 valence electrons. The van der Waals surface area contributed by atoms with Gasteiger partial charge in [0.05, 0.1) is 6.61 Å². The van der Waals surface area contributed by atoms with Gasteiger partial charge in [0.25, 0.3) is 5.91 Å². The second kappa shape index (κ2) is 6.24. The summed E-state index contributed by atoms with van der Waals surface area (Å²) in [6.45, 7) is 1.84. The lowest BCUT2D eigenvalue weighted by molar-refractivity contribution is -0.141. The fourth-order valence-corrected chi connectivity index (χ4v) is 1.72. The molecule has 3 N–H and O–H groups in total. The van der Waals surface area contributed by atoms with E-state index in [4.69, 9.17) is 5.73 Å². The van der Waals surface area contributed by atoms with Crippen LogP contribution in [0.1, 0.15) is 17.3 Å². The van der Waals surface area contributed by atoms with E-state index in [9.17, 15) is 9.59 Å². The molecule has 1 aromatic carbocycles. The number of hydrogen-bond acceptors (Lipinski definition) is 4. The molecular formula is C11H13BrN2O3. The second-order valence-electron chi connectivity index (χ2n) is 3.26. The van der Waals surface area contributed by atoms with E-state index in [1.807, 2.05) is 0 Å². The molecule has 0 saturated carbocycles. The number of carbonyl (C=O) groups excluding carboxylic acids is 2. The largest absolute Gasteiger partial charge is 0.465 e. The Morgan fingerprint density at radius 1 is 1.41 bits per heavy atom. The van der Waals surface area contributed by atoms with E-state index >= 15 is 0 Å². The van der Waals surface area contributed by atoms with Gasteiger partial charge in [-0.05, 0) is 25.1 Å². The van der Waals surface area contributed by atoms with Crippen LogP contribution in [0.15, 0.2) is 22.7 Å². The molecule has 0 heterocycles. The van der Waals surface area contributed by atoms with Crippen molar-refractivity contribution < 1.29 is 14.3 Å². The van der Waals surface area contributed by atoms with E-state index in [-0.39, 0.29) is 12.5 Å². The van der Waals surface area contributed by atoms with Crippen molar-refractivity contribution in [2.45, 2.75) is 6.92 Å². The molecule has 0 fully saturated rings. The molecule has 5 nitrogen and oxygen atoms in total. The summed E-state index contributed by atoms with van der Waals surface area (Å²) in [4.78, 5) is 22.7. The lowest BCUT2D eigenvalue weighted by Crippen LogP contribution is -2.30. The number of nitrogens with one attached hydrogen (secondary N) is 1. The first-order valence-electron chi connectivity index (χ1n) is 5.02. The number of halogens is 1. The van der Waals surface area contributed by atoms with Crippen LogP contribution in [0.4, 0.5) is 5.69 Å². The Hall–Kier alpha value is -1.56. The Balaban J connectivity index is 2.61. The quantitative estimate of drug-likeness (QED) is 0.649. The van der Waals surface area contributed by atoms with Crippen LogP contribution in [0.3, 0.4) is 0 Å². The normalized spacial score (nSPS) is 9.76. The molecule has 0 aliphatic heterocycles. The molecule has 0 spiro atoms. The highest BCUT2D eigenvalue weighted by Crippen LogP contribution is 2.17. The zero-order valence-corrected chi connectivity index (χ0v) is 10.9. The van der Waals surface area contributed by atoms with Gasteiger partial charge in [-0.15, -0.1) is 0 Å². The first kappa shape index (κ1) is 13.5. The molecule has 1 amide bonds. The minimum absolute atomic E-state index is 0.154. The van der Waals surface area contributed by atoms with E-state index in [2.05, 4.69) is 26.0 Å². The van der Waals surface area contributed by atoms with Crippen molar-refractivity contribution in [1.82, 2.24) is 5.32 Å². The standard InChI is InChI=1S/C11H13BrN2O3/c1-2-17-10(15)6-14-11(16)7-3-8(12)5-9(13)4-7/h3-5H,2,6,13H2,1H3,(H,14,16). The molecule has 0 bridgehead atoms. The van der Waals surface area contributed by atoms with E-state index < -0.39 is 5.97 Å². The number of esters is 1. The molecule has 0 saturated heterocycles. The average molecular weight is 301 g/mol. The Kier molecular flexibility index (Phi) is 4.96. The molecule has 1 rings (SSSR count). The number of hydrogen-bond donors (Lipinski definition) is 2. The average Bonchev–Trinajstić information content (AvgIpc) is 2.25. The Morgan fingerprint density at radius 3 is 2.71 bits per heavy atom. The van der Waals surface area contributed by atoms with Gasteiger partial charge in [-0.3, -0.25) is 9.59 Å². The monoisotopic (exact) mass is 300 g/mol. The van der Waals surface area contributed by atoms with E-state index in [1.54, 1.807) is 19.1 Å². The summed E-state index contributed by atoms with van der Waals surface area (Å²) >= 11 is 3.23. The number of benzene rings is 1. The summed E-state index contributed by atoms with van der Waals surface area (Å²) in [6, 6.07) is 4.84. The van der Waals surface area contributed by atoms with Crippen LogP contribution >= 0.6 is 15.9 Å². The first-order chi connectivity index (χ1) is 8.02. The molecule has 1 aromatic rings. The predicted molar refractivity (Wildman–Crippen MR) is 67.5 cm³/mol. The van der Waals surface area contributed by atoms with Gasteiger partial charge in [-0.25, -0.2) is 0 Å². The number of nitrogens with two attached hydrogens (primary N) is 1. The number of anilines is 1. The minimum atomic E-state index is -0.469. The van der Waals surface area contributed by atoms with Gasteiger partial charge in [0, 0.05) is 15.7 Å². The number of ether oxygens (including phenoxy) is 1. The van der Waals surface area contributed by atoms with Gasteiger partial charge in [-0.1, -0.05) is 15.9 Å². The van der Waals surface area contributed by atoms with Crippen LogP contribution < -0.4 is 11.1 Å². The third kappa shape index (κ3) is 4.44. The summed E-state index contributed by atoms with van der Waals surface area (Å²) in [6.07, 6.45) is 0. The smallest absolute Gasteiger partial charge is 0.325 e. The third-order valence-electron chi connectivity index (χ3n) is 1.88. The molecule has 6 heteroatoms. The molecule has 0 radical (unpaired) electrons. The van der Waals surface area contributed by atoms with Crippen LogP contribution in [0, 0.1) is 0 Å². The summed E-state index contributed by atoms with van der Waals surface area (Å²) in [5.74, 6) is -0.838. The van der Waals surface area contributed by atoms with Gasteiger partial charge in [-0.2, -0.15) is 0 Å². The fourth-order valence-electron chi connectivity index (χ4n) is 1.21. The van der Waals surface area contributed by atoms with Crippen molar-refractivity contribution in [3.8, 4) is 0 Å². The van der Waals surface area contributed by atoms with E-state index in [1.165, 1.54) is 6.07 Å². The number of amides is 1. The maximum Gasteiger partial charge on any atom is 0.325 e. The number of carbonyl (C=O) groups is 2. The lowest BCUT2D eigenvalue weighted by atomic mass is 10.2. The second-order valence-corrected chi connectivity index (χ2v) is 4.18. The maximum atomic E-state index is 11.7. The number of nitrogen functional groups attached to an aromatic ring is 1. The molecule has 17 heavy (non-hydrogen) atoms. The lowest BCUT2D eigenvalue weighted by Gasteiger charge is -2.06. The third-order valence-corrected chi connectivity index (χ3v) is 2.34. The zero-order chi connectivity index (χ0) is 12.8. The first-order valence-corrected chi connectivity index (χ1v) is 5.82. The molecule has 0 aliphatic carbocycles.